The first-order chi connectivity index (χ1) is 6.72. The van der Waals surface area contributed by atoms with E-state index in [-0.39, 0.29) is 25.0 Å². The van der Waals surface area contributed by atoms with Crippen molar-refractivity contribution in [2.75, 3.05) is 13.2 Å². The standard InChI is InChI=1S/C8H14N4O2/c1-7(4-13)2-10-8(14)3-12-6-9-5-11-12/h5-7,13H,2-4H2,1H3,(H,10,14). The van der Waals surface area contributed by atoms with E-state index in [2.05, 4.69) is 15.4 Å². The van der Waals surface area contributed by atoms with Gasteiger partial charge in [0.25, 0.3) is 0 Å². The van der Waals surface area contributed by atoms with Gasteiger partial charge in [0, 0.05) is 13.2 Å². The maximum atomic E-state index is 11.2. The van der Waals surface area contributed by atoms with Gasteiger partial charge in [-0.1, -0.05) is 6.92 Å². The highest BCUT2D eigenvalue weighted by atomic mass is 16.3. The summed E-state index contributed by atoms with van der Waals surface area (Å²) in [5, 5.41) is 15.2. The molecule has 1 rings (SSSR count). The number of hydrogen-bond donors (Lipinski definition) is 2. The molecular weight excluding hydrogens is 184 g/mol. The van der Waals surface area contributed by atoms with Gasteiger partial charge in [-0.3, -0.25) is 4.79 Å². The van der Waals surface area contributed by atoms with Crippen LogP contribution < -0.4 is 5.32 Å². The second kappa shape index (κ2) is 5.33. The number of aromatic nitrogens is 3. The lowest BCUT2D eigenvalue weighted by atomic mass is 10.2. The number of nitrogens with one attached hydrogen (secondary N) is 1. The molecule has 0 aliphatic rings. The molecule has 14 heavy (non-hydrogen) atoms. The fourth-order valence-electron chi connectivity index (χ4n) is 0.870. The third-order valence-corrected chi connectivity index (χ3v) is 1.73. The van der Waals surface area contributed by atoms with Crippen molar-refractivity contribution < 1.29 is 9.90 Å². The molecule has 1 aromatic rings. The van der Waals surface area contributed by atoms with Crippen LogP contribution in [-0.4, -0.2) is 38.9 Å². The van der Waals surface area contributed by atoms with Crippen LogP contribution in [0.3, 0.4) is 0 Å². The Balaban J connectivity index is 2.23. The van der Waals surface area contributed by atoms with Crippen molar-refractivity contribution in [1.29, 1.82) is 0 Å². The number of amides is 1. The molecule has 0 aliphatic carbocycles. The summed E-state index contributed by atoms with van der Waals surface area (Å²) in [5.41, 5.74) is 0. The minimum absolute atomic E-state index is 0.0730. The molecule has 1 amide bonds. The zero-order valence-electron chi connectivity index (χ0n) is 8.05. The van der Waals surface area contributed by atoms with E-state index in [9.17, 15) is 4.79 Å². The first-order valence-electron chi connectivity index (χ1n) is 4.42. The maximum absolute atomic E-state index is 11.2. The molecule has 6 heteroatoms. The monoisotopic (exact) mass is 198 g/mol. The Hall–Kier alpha value is -1.43. The normalized spacial score (nSPS) is 12.4. The van der Waals surface area contributed by atoms with Crippen molar-refractivity contribution in [3.05, 3.63) is 12.7 Å². The molecular formula is C8H14N4O2. The van der Waals surface area contributed by atoms with Gasteiger partial charge in [-0.25, -0.2) is 9.67 Å². The molecule has 0 saturated heterocycles. The molecule has 0 bridgehead atoms. The molecule has 0 radical (unpaired) electrons. The molecule has 0 fully saturated rings. The smallest absolute Gasteiger partial charge is 0.241 e. The molecule has 2 N–H and O–H groups in total. The van der Waals surface area contributed by atoms with E-state index in [0.717, 1.165) is 0 Å². The highest BCUT2D eigenvalue weighted by Crippen LogP contribution is 1.89. The Bertz CT molecular complexity index is 273. The molecule has 1 aromatic heterocycles. The van der Waals surface area contributed by atoms with Gasteiger partial charge in [-0.05, 0) is 5.92 Å². The third-order valence-electron chi connectivity index (χ3n) is 1.73. The first kappa shape index (κ1) is 10.6. The highest BCUT2D eigenvalue weighted by molar-refractivity contribution is 5.75. The highest BCUT2D eigenvalue weighted by Gasteiger charge is 2.05. The minimum atomic E-state index is -0.129. The zero-order chi connectivity index (χ0) is 10.4. The number of hydrogen-bond acceptors (Lipinski definition) is 4. The quantitative estimate of drug-likeness (QED) is 0.637. The first-order valence-corrected chi connectivity index (χ1v) is 4.42. The molecule has 1 atom stereocenters. The Morgan fingerprint density at radius 1 is 1.71 bits per heavy atom. The summed E-state index contributed by atoms with van der Waals surface area (Å²) in [6, 6.07) is 0. The number of aliphatic hydroxyl groups is 1. The van der Waals surface area contributed by atoms with Crippen molar-refractivity contribution in [1.82, 2.24) is 20.1 Å². The lowest BCUT2D eigenvalue weighted by Crippen LogP contribution is -2.32. The third kappa shape index (κ3) is 3.53. The van der Waals surface area contributed by atoms with Crippen molar-refractivity contribution >= 4 is 5.91 Å². The number of carbonyl (C=O) groups is 1. The predicted molar refractivity (Wildman–Crippen MR) is 49.3 cm³/mol. The van der Waals surface area contributed by atoms with Crippen molar-refractivity contribution in [2.24, 2.45) is 5.92 Å². The minimum Gasteiger partial charge on any atom is -0.396 e. The zero-order valence-corrected chi connectivity index (χ0v) is 8.05. The van der Waals surface area contributed by atoms with E-state index in [1.54, 1.807) is 0 Å². The van der Waals surface area contributed by atoms with Crippen LogP contribution in [-0.2, 0) is 11.3 Å². The Kier molecular flexibility index (Phi) is 4.06. The Morgan fingerprint density at radius 2 is 2.50 bits per heavy atom. The van der Waals surface area contributed by atoms with Crippen LogP contribution in [0.25, 0.3) is 0 Å². The van der Waals surface area contributed by atoms with Crippen LogP contribution >= 0.6 is 0 Å². The molecule has 0 aromatic carbocycles. The van der Waals surface area contributed by atoms with Crippen molar-refractivity contribution in [2.45, 2.75) is 13.5 Å². The van der Waals surface area contributed by atoms with Crippen LogP contribution in [0.1, 0.15) is 6.92 Å². The molecule has 1 heterocycles. The summed E-state index contributed by atoms with van der Waals surface area (Å²) in [6.07, 6.45) is 2.86. The number of aliphatic hydroxyl groups excluding tert-OH is 1. The second-order valence-corrected chi connectivity index (χ2v) is 3.18. The van der Waals surface area contributed by atoms with Gasteiger partial charge in [0.1, 0.15) is 19.2 Å². The van der Waals surface area contributed by atoms with Gasteiger partial charge < -0.3 is 10.4 Å². The van der Waals surface area contributed by atoms with Crippen LogP contribution in [0.4, 0.5) is 0 Å². The molecule has 0 aliphatic heterocycles. The van der Waals surface area contributed by atoms with Crippen LogP contribution in [0.15, 0.2) is 12.7 Å². The summed E-state index contributed by atoms with van der Waals surface area (Å²) in [6.45, 7) is 2.57. The Morgan fingerprint density at radius 3 is 3.07 bits per heavy atom. The van der Waals surface area contributed by atoms with Gasteiger partial charge in [-0.2, -0.15) is 5.10 Å². The van der Waals surface area contributed by atoms with E-state index in [4.69, 9.17) is 5.11 Å². The summed E-state index contributed by atoms with van der Waals surface area (Å²) in [4.78, 5) is 15.0. The van der Waals surface area contributed by atoms with Crippen LogP contribution in [0.2, 0.25) is 0 Å². The number of rotatable bonds is 5. The van der Waals surface area contributed by atoms with E-state index >= 15 is 0 Å². The fourth-order valence-corrected chi connectivity index (χ4v) is 0.870. The Labute approximate surface area is 82.0 Å². The number of nitrogens with zero attached hydrogens (tertiary/aromatic N) is 3. The van der Waals surface area contributed by atoms with E-state index in [1.165, 1.54) is 17.3 Å². The van der Waals surface area contributed by atoms with Gasteiger partial charge in [-0.15, -0.1) is 0 Å². The summed E-state index contributed by atoms with van der Waals surface area (Å²) in [7, 11) is 0. The van der Waals surface area contributed by atoms with E-state index in [0.29, 0.717) is 6.54 Å². The lowest BCUT2D eigenvalue weighted by molar-refractivity contribution is -0.122. The van der Waals surface area contributed by atoms with Gasteiger partial charge in [0.2, 0.25) is 5.91 Å². The summed E-state index contributed by atoms with van der Waals surface area (Å²) in [5.74, 6) is -0.0505. The fraction of sp³-hybridized carbons (Fsp3) is 0.625. The molecule has 0 saturated carbocycles. The van der Waals surface area contributed by atoms with Crippen LogP contribution in [0.5, 0.6) is 0 Å². The van der Waals surface area contributed by atoms with E-state index < -0.39 is 0 Å². The molecule has 1 unspecified atom stereocenters. The average Bonchev–Trinajstić information content (AvgIpc) is 2.66. The molecule has 0 spiro atoms. The molecule has 6 nitrogen and oxygen atoms in total. The summed E-state index contributed by atoms with van der Waals surface area (Å²) < 4.78 is 1.44. The van der Waals surface area contributed by atoms with Crippen LogP contribution in [0, 0.1) is 5.92 Å². The van der Waals surface area contributed by atoms with Crippen molar-refractivity contribution in [3.8, 4) is 0 Å². The SMILES string of the molecule is CC(CO)CNC(=O)Cn1cncn1. The van der Waals surface area contributed by atoms with Gasteiger partial charge in [0.15, 0.2) is 0 Å². The largest absolute Gasteiger partial charge is 0.396 e. The topological polar surface area (TPSA) is 80.0 Å². The lowest BCUT2D eigenvalue weighted by Gasteiger charge is -2.09. The second-order valence-electron chi connectivity index (χ2n) is 3.18. The maximum Gasteiger partial charge on any atom is 0.241 e. The average molecular weight is 198 g/mol. The summed E-state index contributed by atoms with van der Waals surface area (Å²) >= 11 is 0. The van der Waals surface area contributed by atoms with Gasteiger partial charge in [0.05, 0.1) is 0 Å². The number of carbonyl (C=O) groups excluding carboxylic acids is 1. The van der Waals surface area contributed by atoms with E-state index in [1.807, 2.05) is 6.92 Å². The van der Waals surface area contributed by atoms with Crippen molar-refractivity contribution in [3.63, 3.8) is 0 Å². The predicted octanol–water partition coefficient (Wildman–Crippen LogP) is -0.977. The molecule has 78 valence electrons. The van der Waals surface area contributed by atoms with Gasteiger partial charge >= 0.3 is 0 Å².